The van der Waals surface area contributed by atoms with Crippen LogP contribution in [-0.2, 0) is 4.79 Å². The van der Waals surface area contributed by atoms with Gasteiger partial charge in [0, 0.05) is 41.7 Å². The Balaban J connectivity index is 1.17. The molecule has 1 saturated carbocycles. The van der Waals surface area contributed by atoms with E-state index in [4.69, 9.17) is 10.7 Å². The first kappa shape index (κ1) is 22.8. The number of hydrogen-bond acceptors (Lipinski definition) is 4. The summed E-state index contributed by atoms with van der Waals surface area (Å²) in [6.07, 6.45) is 15.7. The molecule has 7 nitrogen and oxygen atoms in total. The summed E-state index contributed by atoms with van der Waals surface area (Å²) in [6.45, 7) is 0.760. The van der Waals surface area contributed by atoms with Crippen LogP contribution in [0.1, 0.15) is 69.5 Å². The van der Waals surface area contributed by atoms with E-state index in [1.165, 1.54) is 31.3 Å². The maximum atomic E-state index is 12.8. The van der Waals surface area contributed by atoms with Crippen LogP contribution in [0.3, 0.4) is 0 Å². The molecule has 2 aliphatic rings. The van der Waals surface area contributed by atoms with Crippen molar-refractivity contribution in [2.45, 2.75) is 63.7 Å². The molecule has 0 spiro atoms. The molecular formula is C29H34N6O. The molecule has 4 N–H and O–H groups in total. The third-order valence-corrected chi connectivity index (χ3v) is 7.99. The second kappa shape index (κ2) is 9.80. The number of carbonyl (C=O) groups excluding carboxylic acids is 1. The van der Waals surface area contributed by atoms with Gasteiger partial charge in [0.2, 0.25) is 5.91 Å². The van der Waals surface area contributed by atoms with Gasteiger partial charge in [-0.2, -0.15) is 0 Å². The van der Waals surface area contributed by atoms with Crippen LogP contribution >= 0.6 is 0 Å². The number of rotatable bonds is 6. The van der Waals surface area contributed by atoms with Crippen molar-refractivity contribution < 1.29 is 4.79 Å². The zero-order valence-electron chi connectivity index (χ0n) is 20.7. The first-order valence-electron chi connectivity index (χ1n) is 13.3. The van der Waals surface area contributed by atoms with Gasteiger partial charge in [-0.15, -0.1) is 0 Å². The number of nitrogens with two attached hydrogens (primary N) is 1. The number of anilines is 1. The van der Waals surface area contributed by atoms with Crippen LogP contribution < -0.4 is 11.1 Å². The predicted octanol–water partition coefficient (Wildman–Crippen LogP) is 5.74. The Labute approximate surface area is 211 Å². The Morgan fingerprint density at radius 1 is 1.17 bits per heavy atom. The number of aromatic nitrogens is 4. The van der Waals surface area contributed by atoms with Crippen LogP contribution in [0.25, 0.3) is 27.8 Å². The molecule has 2 aliphatic carbocycles. The number of nitrogen functional groups attached to an aromatic ring is 1. The minimum Gasteiger partial charge on any atom is -0.382 e. The Kier molecular flexibility index (Phi) is 6.21. The summed E-state index contributed by atoms with van der Waals surface area (Å²) in [5.41, 5.74) is 11.6. The maximum Gasteiger partial charge on any atom is 0.223 e. The molecule has 1 aromatic carbocycles. The largest absolute Gasteiger partial charge is 0.382 e. The van der Waals surface area contributed by atoms with Gasteiger partial charge in [0.25, 0.3) is 0 Å². The van der Waals surface area contributed by atoms with Crippen LogP contribution in [0.5, 0.6) is 0 Å². The van der Waals surface area contributed by atoms with Crippen LogP contribution in [0.4, 0.5) is 5.82 Å². The highest BCUT2D eigenvalue weighted by Crippen LogP contribution is 2.39. The van der Waals surface area contributed by atoms with Gasteiger partial charge in [0.1, 0.15) is 22.9 Å². The normalized spacial score (nSPS) is 20.5. The number of hydrogen-bond donors (Lipinski definition) is 3. The molecule has 0 atom stereocenters. The van der Waals surface area contributed by atoms with Crippen LogP contribution in [0.15, 0.2) is 54.4 Å². The summed E-state index contributed by atoms with van der Waals surface area (Å²) in [4.78, 5) is 25.8. The molecule has 0 saturated heterocycles. The van der Waals surface area contributed by atoms with Gasteiger partial charge < -0.3 is 16.0 Å². The lowest BCUT2D eigenvalue weighted by Crippen LogP contribution is -2.33. The number of allylic oxidation sites excluding steroid dienone is 1. The summed E-state index contributed by atoms with van der Waals surface area (Å²) in [6, 6.07) is 10.3. The lowest BCUT2D eigenvalue weighted by atomic mass is 9.81. The SMILES string of the molecule is Nc1nccn2c(C3CCC(C(=O)NCCC4=CCCCC4)CC3)nc(-c3cc4ccccc4[nH]3)c12. The molecule has 3 aromatic heterocycles. The molecule has 6 rings (SSSR count). The van der Waals surface area contributed by atoms with Crippen LogP contribution in [-0.4, -0.2) is 31.8 Å². The van der Waals surface area contributed by atoms with E-state index in [1.807, 2.05) is 18.3 Å². The zero-order valence-corrected chi connectivity index (χ0v) is 20.7. The molecule has 0 bridgehead atoms. The van der Waals surface area contributed by atoms with Crippen molar-refractivity contribution in [1.29, 1.82) is 0 Å². The van der Waals surface area contributed by atoms with Crippen molar-refractivity contribution in [3.05, 3.63) is 60.2 Å². The minimum absolute atomic E-state index is 0.0905. The minimum atomic E-state index is 0.0905. The third-order valence-electron chi connectivity index (χ3n) is 7.99. The Morgan fingerprint density at radius 2 is 2.03 bits per heavy atom. The summed E-state index contributed by atoms with van der Waals surface area (Å²) in [5, 5.41) is 4.34. The van der Waals surface area contributed by atoms with E-state index in [-0.39, 0.29) is 17.7 Å². The van der Waals surface area contributed by atoms with E-state index in [0.717, 1.165) is 72.3 Å². The topological polar surface area (TPSA) is 101 Å². The fraction of sp³-hybridized carbons (Fsp3) is 0.414. The number of fused-ring (bicyclic) bond motifs is 2. The molecule has 1 fully saturated rings. The molecular weight excluding hydrogens is 448 g/mol. The first-order chi connectivity index (χ1) is 17.7. The fourth-order valence-corrected chi connectivity index (χ4v) is 6.00. The number of nitrogens with one attached hydrogen (secondary N) is 2. The van der Waals surface area contributed by atoms with E-state index in [0.29, 0.717) is 5.82 Å². The number of nitrogens with zero attached hydrogens (tertiary/aromatic N) is 3. The predicted molar refractivity (Wildman–Crippen MR) is 144 cm³/mol. The molecule has 36 heavy (non-hydrogen) atoms. The number of carbonyl (C=O) groups is 1. The highest BCUT2D eigenvalue weighted by Gasteiger charge is 2.30. The molecule has 186 valence electrons. The number of aromatic amines is 1. The summed E-state index contributed by atoms with van der Waals surface area (Å²) in [5.74, 6) is 2.08. The van der Waals surface area contributed by atoms with Crippen LogP contribution in [0.2, 0.25) is 0 Å². The van der Waals surface area contributed by atoms with Crippen molar-refractivity contribution in [3.63, 3.8) is 0 Å². The maximum absolute atomic E-state index is 12.8. The molecule has 0 aliphatic heterocycles. The van der Waals surface area contributed by atoms with E-state index >= 15 is 0 Å². The van der Waals surface area contributed by atoms with E-state index in [9.17, 15) is 4.79 Å². The number of amides is 1. The van der Waals surface area contributed by atoms with Crippen molar-refractivity contribution in [2.75, 3.05) is 12.3 Å². The average molecular weight is 483 g/mol. The van der Waals surface area contributed by atoms with Crippen molar-refractivity contribution >= 4 is 28.1 Å². The number of imidazole rings is 1. The van der Waals surface area contributed by atoms with Gasteiger partial charge in [-0.25, -0.2) is 9.97 Å². The first-order valence-corrected chi connectivity index (χ1v) is 13.3. The number of benzene rings is 1. The van der Waals surface area contributed by atoms with Crippen molar-refractivity contribution in [1.82, 2.24) is 24.7 Å². The van der Waals surface area contributed by atoms with E-state index in [2.05, 4.69) is 44.0 Å². The Hall–Kier alpha value is -3.61. The summed E-state index contributed by atoms with van der Waals surface area (Å²) in [7, 11) is 0. The highest BCUT2D eigenvalue weighted by atomic mass is 16.1. The summed E-state index contributed by atoms with van der Waals surface area (Å²) < 4.78 is 2.10. The summed E-state index contributed by atoms with van der Waals surface area (Å²) >= 11 is 0. The molecule has 0 radical (unpaired) electrons. The second-order valence-electron chi connectivity index (χ2n) is 10.3. The van der Waals surface area contributed by atoms with Gasteiger partial charge in [0.15, 0.2) is 0 Å². The smallest absolute Gasteiger partial charge is 0.223 e. The Bertz CT molecular complexity index is 1390. The molecule has 1 amide bonds. The fourth-order valence-electron chi connectivity index (χ4n) is 6.00. The van der Waals surface area contributed by atoms with Gasteiger partial charge in [-0.05, 0) is 69.9 Å². The zero-order chi connectivity index (χ0) is 24.5. The third kappa shape index (κ3) is 4.38. The monoisotopic (exact) mass is 482 g/mol. The number of para-hydroxylation sites is 1. The van der Waals surface area contributed by atoms with Gasteiger partial charge in [0.05, 0.1) is 5.69 Å². The van der Waals surface area contributed by atoms with E-state index in [1.54, 1.807) is 6.20 Å². The van der Waals surface area contributed by atoms with Gasteiger partial charge in [-0.3, -0.25) is 9.20 Å². The van der Waals surface area contributed by atoms with Crippen molar-refractivity contribution in [3.8, 4) is 11.4 Å². The second-order valence-corrected chi connectivity index (χ2v) is 10.3. The average Bonchev–Trinajstić information content (AvgIpc) is 3.52. The van der Waals surface area contributed by atoms with Gasteiger partial charge in [-0.1, -0.05) is 29.8 Å². The van der Waals surface area contributed by atoms with Crippen LogP contribution in [0, 0.1) is 5.92 Å². The van der Waals surface area contributed by atoms with E-state index < -0.39 is 0 Å². The lowest BCUT2D eigenvalue weighted by molar-refractivity contribution is -0.126. The molecule has 0 unspecified atom stereocenters. The number of H-pyrrole nitrogens is 1. The van der Waals surface area contributed by atoms with Crippen molar-refractivity contribution in [2.24, 2.45) is 5.92 Å². The highest BCUT2D eigenvalue weighted by molar-refractivity contribution is 5.91. The molecule has 3 heterocycles. The molecule has 7 heteroatoms. The quantitative estimate of drug-likeness (QED) is 0.305. The standard InChI is InChI=1S/C29H34N6O/c30-27-26-25(24-18-22-8-4-5-9-23(22)33-24)34-28(35(26)17-16-31-27)20-10-12-21(13-11-20)29(36)32-15-14-19-6-2-1-3-7-19/h4-6,8-9,16-18,20-21,33H,1-3,7,10-15H2,(H2,30,31)(H,32,36). The van der Waals surface area contributed by atoms with Gasteiger partial charge >= 0.3 is 0 Å². The Morgan fingerprint density at radius 3 is 2.83 bits per heavy atom. The lowest BCUT2D eigenvalue weighted by Gasteiger charge is -2.27. The molecule has 4 aromatic rings.